The quantitative estimate of drug-likeness (QED) is 0.907. The minimum Gasteiger partial charge on any atom is -0.343 e. The van der Waals surface area contributed by atoms with Crippen molar-refractivity contribution in [2.45, 2.75) is 58.4 Å². The van der Waals surface area contributed by atoms with E-state index in [-0.39, 0.29) is 11.9 Å². The van der Waals surface area contributed by atoms with Gasteiger partial charge in [0, 0.05) is 25.6 Å². The lowest BCUT2D eigenvalue weighted by atomic mass is 9.91. The van der Waals surface area contributed by atoms with Gasteiger partial charge in [0.1, 0.15) is 0 Å². The van der Waals surface area contributed by atoms with Crippen molar-refractivity contribution in [3.63, 3.8) is 0 Å². The predicted molar refractivity (Wildman–Crippen MR) is 91.8 cm³/mol. The number of carbonyl (C=O) groups excluding carboxylic acids is 1. The van der Waals surface area contributed by atoms with Gasteiger partial charge in [-0.15, -0.1) is 0 Å². The van der Waals surface area contributed by atoms with Gasteiger partial charge in [-0.05, 0) is 49.1 Å². The van der Waals surface area contributed by atoms with E-state index in [1.54, 1.807) is 0 Å². The van der Waals surface area contributed by atoms with Crippen LogP contribution in [0.2, 0.25) is 0 Å². The number of nitrogens with zero attached hydrogens (tertiary/aromatic N) is 1. The van der Waals surface area contributed by atoms with Gasteiger partial charge in [-0.1, -0.05) is 38.1 Å². The summed E-state index contributed by atoms with van der Waals surface area (Å²) in [7, 11) is 0. The summed E-state index contributed by atoms with van der Waals surface area (Å²) in [6.07, 6.45) is 3.55. The largest absolute Gasteiger partial charge is 0.343 e. The number of aryl methyl sites for hydroxylation is 1. The normalized spacial score (nSPS) is 17.8. The van der Waals surface area contributed by atoms with Crippen molar-refractivity contribution in [1.29, 1.82) is 0 Å². The van der Waals surface area contributed by atoms with E-state index in [0.717, 1.165) is 32.4 Å². The molecule has 1 aliphatic heterocycles. The van der Waals surface area contributed by atoms with E-state index in [1.807, 2.05) is 4.90 Å². The fraction of sp³-hybridized carbons (Fsp3) is 0.632. The fourth-order valence-corrected chi connectivity index (χ4v) is 3.15. The van der Waals surface area contributed by atoms with E-state index < -0.39 is 0 Å². The standard InChI is InChI=1S/C19H30N2O/c1-14(2)17-7-4-16(5-8-17)6-9-19(22)21-12-10-18(11-13-21)15(3)20/h4-5,7-8,14-15,18H,6,9-13,20H2,1-3H3. The van der Waals surface area contributed by atoms with Crippen LogP contribution in [0.4, 0.5) is 0 Å². The Morgan fingerprint density at radius 3 is 2.27 bits per heavy atom. The average molecular weight is 302 g/mol. The summed E-state index contributed by atoms with van der Waals surface area (Å²) in [5, 5.41) is 0. The van der Waals surface area contributed by atoms with Crippen LogP contribution >= 0.6 is 0 Å². The first-order valence-electron chi connectivity index (χ1n) is 8.59. The second-order valence-electron chi connectivity index (χ2n) is 6.97. The van der Waals surface area contributed by atoms with Gasteiger partial charge in [-0.3, -0.25) is 4.79 Å². The van der Waals surface area contributed by atoms with Gasteiger partial charge < -0.3 is 10.6 Å². The molecular weight excluding hydrogens is 272 g/mol. The number of hydrogen-bond acceptors (Lipinski definition) is 2. The highest BCUT2D eigenvalue weighted by Crippen LogP contribution is 2.21. The van der Waals surface area contributed by atoms with E-state index in [4.69, 9.17) is 5.73 Å². The predicted octanol–water partition coefficient (Wildman–Crippen LogP) is 3.33. The summed E-state index contributed by atoms with van der Waals surface area (Å²) < 4.78 is 0. The molecular formula is C19H30N2O. The molecule has 3 nitrogen and oxygen atoms in total. The molecule has 122 valence electrons. The Morgan fingerprint density at radius 1 is 1.18 bits per heavy atom. The number of nitrogens with two attached hydrogens (primary N) is 1. The zero-order valence-corrected chi connectivity index (χ0v) is 14.2. The lowest BCUT2D eigenvalue weighted by Gasteiger charge is -2.33. The summed E-state index contributed by atoms with van der Waals surface area (Å²) in [5.74, 6) is 1.42. The average Bonchev–Trinajstić information content (AvgIpc) is 2.53. The van der Waals surface area contributed by atoms with Gasteiger partial charge in [0.05, 0.1) is 0 Å². The number of benzene rings is 1. The van der Waals surface area contributed by atoms with Crippen LogP contribution in [0.3, 0.4) is 0 Å². The molecule has 0 radical (unpaired) electrons. The first kappa shape index (κ1) is 17.0. The SMILES string of the molecule is CC(C)c1ccc(CCC(=O)N2CCC(C(C)N)CC2)cc1. The van der Waals surface area contributed by atoms with Crippen molar-refractivity contribution < 1.29 is 4.79 Å². The van der Waals surface area contributed by atoms with Gasteiger partial charge in [0.2, 0.25) is 5.91 Å². The fourth-order valence-electron chi connectivity index (χ4n) is 3.15. The number of amides is 1. The summed E-state index contributed by atoms with van der Waals surface area (Å²) in [6, 6.07) is 8.92. The molecule has 2 rings (SSSR count). The maximum Gasteiger partial charge on any atom is 0.222 e. The minimum absolute atomic E-state index is 0.247. The maximum absolute atomic E-state index is 12.3. The monoisotopic (exact) mass is 302 g/mol. The van der Waals surface area contributed by atoms with Crippen molar-refractivity contribution in [1.82, 2.24) is 4.90 Å². The van der Waals surface area contributed by atoms with E-state index in [0.29, 0.717) is 18.3 Å². The minimum atomic E-state index is 0.247. The third kappa shape index (κ3) is 4.57. The zero-order valence-electron chi connectivity index (χ0n) is 14.2. The highest BCUT2D eigenvalue weighted by Gasteiger charge is 2.24. The number of likely N-dealkylation sites (tertiary alicyclic amines) is 1. The van der Waals surface area contributed by atoms with Crippen LogP contribution in [-0.2, 0) is 11.2 Å². The first-order valence-corrected chi connectivity index (χ1v) is 8.59. The summed E-state index contributed by atoms with van der Waals surface area (Å²) in [5.41, 5.74) is 8.56. The van der Waals surface area contributed by atoms with Crippen molar-refractivity contribution in [3.05, 3.63) is 35.4 Å². The Bertz CT molecular complexity index is 471. The molecule has 1 fully saturated rings. The summed E-state index contributed by atoms with van der Waals surface area (Å²) in [6.45, 7) is 8.21. The molecule has 1 amide bonds. The molecule has 0 saturated carbocycles. The van der Waals surface area contributed by atoms with Crippen molar-refractivity contribution in [2.75, 3.05) is 13.1 Å². The molecule has 0 aliphatic carbocycles. The number of piperidine rings is 1. The third-order valence-corrected chi connectivity index (χ3v) is 4.91. The smallest absolute Gasteiger partial charge is 0.222 e. The summed E-state index contributed by atoms with van der Waals surface area (Å²) >= 11 is 0. The van der Waals surface area contributed by atoms with Gasteiger partial charge in [0.25, 0.3) is 0 Å². The Balaban J connectivity index is 1.78. The Labute approximate surface area is 134 Å². The Kier molecular flexibility index (Phi) is 6.01. The summed E-state index contributed by atoms with van der Waals surface area (Å²) in [4.78, 5) is 14.3. The molecule has 0 bridgehead atoms. The highest BCUT2D eigenvalue weighted by molar-refractivity contribution is 5.76. The lowest BCUT2D eigenvalue weighted by Crippen LogP contribution is -2.42. The van der Waals surface area contributed by atoms with Gasteiger partial charge >= 0.3 is 0 Å². The molecule has 1 unspecified atom stereocenters. The Hall–Kier alpha value is -1.35. The first-order chi connectivity index (χ1) is 10.5. The van der Waals surface area contributed by atoms with Crippen LogP contribution in [0.25, 0.3) is 0 Å². The molecule has 1 saturated heterocycles. The zero-order chi connectivity index (χ0) is 16.1. The molecule has 2 N–H and O–H groups in total. The number of carbonyl (C=O) groups is 1. The molecule has 1 aromatic carbocycles. The van der Waals surface area contributed by atoms with E-state index >= 15 is 0 Å². The lowest BCUT2D eigenvalue weighted by molar-refractivity contribution is -0.132. The van der Waals surface area contributed by atoms with Crippen LogP contribution in [0, 0.1) is 5.92 Å². The van der Waals surface area contributed by atoms with Gasteiger partial charge in [-0.25, -0.2) is 0 Å². The molecule has 1 atom stereocenters. The molecule has 0 spiro atoms. The van der Waals surface area contributed by atoms with Crippen LogP contribution < -0.4 is 5.73 Å². The second-order valence-corrected chi connectivity index (χ2v) is 6.97. The molecule has 1 aromatic rings. The number of rotatable bonds is 5. The van der Waals surface area contributed by atoms with E-state index in [9.17, 15) is 4.79 Å². The molecule has 1 aliphatic rings. The maximum atomic E-state index is 12.3. The van der Waals surface area contributed by atoms with Crippen LogP contribution in [-0.4, -0.2) is 29.9 Å². The third-order valence-electron chi connectivity index (χ3n) is 4.91. The van der Waals surface area contributed by atoms with Crippen LogP contribution in [0.1, 0.15) is 57.1 Å². The van der Waals surface area contributed by atoms with Crippen LogP contribution in [0.15, 0.2) is 24.3 Å². The van der Waals surface area contributed by atoms with E-state index in [1.165, 1.54) is 11.1 Å². The topological polar surface area (TPSA) is 46.3 Å². The Morgan fingerprint density at radius 2 is 1.77 bits per heavy atom. The van der Waals surface area contributed by atoms with Crippen molar-refractivity contribution >= 4 is 5.91 Å². The van der Waals surface area contributed by atoms with Gasteiger partial charge in [-0.2, -0.15) is 0 Å². The molecule has 22 heavy (non-hydrogen) atoms. The number of hydrogen-bond donors (Lipinski definition) is 1. The molecule has 3 heteroatoms. The highest BCUT2D eigenvalue weighted by atomic mass is 16.2. The molecule has 0 aromatic heterocycles. The second kappa shape index (κ2) is 7.77. The van der Waals surface area contributed by atoms with E-state index in [2.05, 4.69) is 45.0 Å². The van der Waals surface area contributed by atoms with Crippen molar-refractivity contribution in [3.8, 4) is 0 Å². The molecule has 1 heterocycles. The van der Waals surface area contributed by atoms with Crippen molar-refractivity contribution in [2.24, 2.45) is 11.7 Å². The van der Waals surface area contributed by atoms with Gasteiger partial charge in [0.15, 0.2) is 0 Å². The van der Waals surface area contributed by atoms with Crippen LogP contribution in [0.5, 0.6) is 0 Å².